The van der Waals surface area contributed by atoms with Gasteiger partial charge < -0.3 is 14.8 Å². The van der Waals surface area contributed by atoms with Gasteiger partial charge in [0.2, 0.25) is 0 Å². The lowest BCUT2D eigenvalue weighted by molar-refractivity contribution is 0.385. The lowest BCUT2D eigenvalue weighted by Gasteiger charge is -2.15. The molecule has 0 heterocycles. The molecule has 0 aliphatic rings. The maximum atomic E-state index is 13.4. The first kappa shape index (κ1) is 15.3. The highest BCUT2D eigenvalue weighted by Crippen LogP contribution is 2.22. The number of ether oxygens (including phenoxy) is 2. The highest BCUT2D eigenvalue weighted by molar-refractivity contribution is 5.32. The van der Waals surface area contributed by atoms with Crippen LogP contribution in [0.3, 0.4) is 0 Å². The summed E-state index contributed by atoms with van der Waals surface area (Å²) in [5, 5.41) is 3.40. The van der Waals surface area contributed by atoms with Gasteiger partial charge >= 0.3 is 0 Å². The van der Waals surface area contributed by atoms with Gasteiger partial charge in [0, 0.05) is 12.6 Å². The van der Waals surface area contributed by atoms with Crippen molar-refractivity contribution < 1.29 is 13.9 Å². The van der Waals surface area contributed by atoms with Crippen LogP contribution in [-0.2, 0) is 6.54 Å². The second-order valence-corrected chi connectivity index (χ2v) is 4.84. The fourth-order valence-corrected chi connectivity index (χ4v) is 2.08. The average Bonchev–Trinajstić information content (AvgIpc) is 2.53. The summed E-state index contributed by atoms with van der Waals surface area (Å²) in [4.78, 5) is 0. The topological polar surface area (TPSA) is 30.5 Å². The molecule has 1 N–H and O–H groups in total. The van der Waals surface area contributed by atoms with Crippen LogP contribution in [0.2, 0.25) is 0 Å². The third-order valence-electron chi connectivity index (χ3n) is 3.45. The van der Waals surface area contributed by atoms with Crippen molar-refractivity contribution in [2.75, 3.05) is 14.2 Å². The molecule has 0 saturated heterocycles. The van der Waals surface area contributed by atoms with Gasteiger partial charge in [-0.15, -0.1) is 0 Å². The minimum atomic E-state index is -0.344. The molecule has 1 atom stereocenters. The summed E-state index contributed by atoms with van der Waals surface area (Å²) in [5.41, 5.74) is 2.15. The third kappa shape index (κ3) is 3.95. The zero-order chi connectivity index (χ0) is 15.2. The summed E-state index contributed by atoms with van der Waals surface area (Å²) in [6, 6.07) is 12.9. The molecule has 2 aromatic rings. The zero-order valence-corrected chi connectivity index (χ0v) is 12.5. The van der Waals surface area contributed by atoms with Gasteiger partial charge in [-0.2, -0.15) is 0 Å². The molecule has 0 amide bonds. The van der Waals surface area contributed by atoms with Crippen LogP contribution in [0.1, 0.15) is 24.1 Å². The second kappa shape index (κ2) is 7.09. The molecule has 0 spiro atoms. The Balaban J connectivity index is 1.98. The average molecular weight is 289 g/mol. The molecule has 2 aromatic carbocycles. The molecule has 0 saturated carbocycles. The van der Waals surface area contributed by atoms with E-state index in [0.29, 0.717) is 0 Å². The molecule has 0 aliphatic heterocycles. The Labute approximate surface area is 124 Å². The smallest absolute Gasteiger partial charge is 0.165 e. The van der Waals surface area contributed by atoms with Crippen LogP contribution in [0.15, 0.2) is 42.5 Å². The molecule has 0 radical (unpaired) electrons. The van der Waals surface area contributed by atoms with Crippen molar-refractivity contribution in [3.05, 3.63) is 59.4 Å². The van der Waals surface area contributed by atoms with Crippen LogP contribution in [0.25, 0.3) is 0 Å². The first-order valence-corrected chi connectivity index (χ1v) is 6.83. The van der Waals surface area contributed by atoms with Gasteiger partial charge in [0.05, 0.1) is 14.2 Å². The number of halogens is 1. The largest absolute Gasteiger partial charge is 0.497 e. The summed E-state index contributed by atoms with van der Waals surface area (Å²) >= 11 is 0. The summed E-state index contributed by atoms with van der Waals surface area (Å²) in [6.07, 6.45) is 0. The van der Waals surface area contributed by atoms with Crippen LogP contribution in [0.4, 0.5) is 4.39 Å². The monoisotopic (exact) mass is 289 g/mol. The molecule has 2 rings (SSSR count). The van der Waals surface area contributed by atoms with Crippen molar-refractivity contribution >= 4 is 0 Å². The molecule has 4 heteroatoms. The summed E-state index contributed by atoms with van der Waals surface area (Å²) in [6.45, 7) is 2.76. The van der Waals surface area contributed by atoms with E-state index < -0.39 is 0 Å². The van der Waals surface area contributed by atoms with Gasteiger partial charge in [0.1, 0.15) is 5.75 Å². The molecule has 1 unspecified atom stereocenters. The summed E-state index contributed by atoms with van der Waals surface area (Å²) in [5.74, 6) is 0.768. The predicted molar refractivity (Wildman–Crippen MR) is 81.2 cm³/mol. The van der Waals surface area contributed by atoms with Gasteiger partial charge in [0.25, 0.3) is 0 Å². The minimum Gasteiger partial charge on any atom is -0.497 e. The Hall–Kier alpha value is -2.07. The summed E-state index contributed by atoms with van der Waals surface area (Å²) < 4.78 is 23.5. The van der Waals surface area contributed by atoms with Gasteiger partial charge in [-0.05, 0) is 42.3 Å². The lowest BCUT2D eigenvalue weighted by atomic mass is 10.1. The van der Waals surface area contributed by atoms with Gasteiger partial charge in [-0.3, -0.25) is 0 Å². The molecule has 112 valence electrons. The van der Waals surface area contributed by atoms with E-state index in [9.17, 15) is 4.39 Å². The highest BCUT2D eigenvalue weighted by atomic mass is 19.1. The highest BCUT2D eigenvalue weighted by Gasteiger charge is 2.09. The van der Waals surface area contributed by atoms with E-state index in [1.54, 1.807) is 19.2 Å². The molecule has 0 fully saturated rings. The van der Waals surface area contributed by atoms with Crippen LogP contribution < -0.4 is 14.8 Å². The van der Waals surface area contributed by atoms with Gasteiger partial charge in [-0.1, -0.05) is 18.2 Å². The number of benzene rings is 2. The number of nitrogens with one attached hydrogen (secondary N) is 1. The summed E-state index contributed by atoms with van der Waals surface area (Å²) in [7, 11) is 3.12. The normalized spacial score (nSPS) is 12.0. The third-order valence-corrected chi connectivity index (χ3v) is 3.45. The van der Waals surface area contributed by atoms with E-state index in [1.807, 2.05) is 31.2 Å². The second-order valence-electron chi connectivity index (χ2n) is 4.84. The molecular weight excluding hydrogens is 269 g/mol. The van der Waals surface area contributed by atoms with Crippen molar-refractivity contribution in [3.63, 3.8) is 0 Å². The van der Waals surface area contributed by atoms with E-state index >= 15 is 0 Å². The SMILES string of the molecule is COc1ccc(CNC(C)c2ccc(F)c(OC)c2)cc1. The molecular formula is C17H20FNO2. The quantitative estimate of drug-likeness (QED) is 0.879. The Kier molecular flexibility index (Phi) is 5.17. The Morgan fingerprint density at radius 3 is 2.38 bits per heavy atom. The Bertz CT molecular complexity index is 584. The van der Waals surface area contributed by atoms with Gasteiger partial charge in [-0.25, -0.2) is 4.39 Å². The maximum absolute atomic E-state index is 13.4. The fraction of sp³-hybridized carbons (Fsp3) is 0.294. The molecule has 21 heavy (non-hydrogen) atoms. The van der Waals surface area contributed by atoms with Crippen LogP contribution in [0, 0.1) is 5.82 Å². The molecule has 0 aliphatic carbocycles. The van der Waals surface area contributed by atoms with E-state index in [-0.39, 0.29) is 17.6 Å². The van der Waals surface area contributed by atoms with Gasteiger partial charge in [0.15, 0.2) is 11.6 Å². The molecule has 0 aromatic heterocycles. The van der Waals surface area contributed by atoms with E-state index in [0.717, 1.165) is 23.4 Å². The maximum Gasteiger partial charge on any atom is 0.165 e. The first-order chi connectivity index (χ1) is 10.1. The standard InChI is InChI=1S/C17H20FNO2/c1-12(14-6-9-16(18)17(10-14)21-3)19-11-13-4-7-15(20-2)8-5-13/h4-10,12,19H,11H2,1-3H3. The van der Waals surface area contributed by atoms with Crippen LogP contribution >= 0.6 is 0 Å². The Morgan fingerprint density at radius 2 is 1.76 bits per heavy atom. The molecule has 3 nitrogen and oxygen atoms in total. The van der Waals surface area contributed by atoms with Crippen LogP contribution in [-0.4, -0.2) is 14.2 Å². The van der Waals surface area contributed by atoms with Crippen molar-refractivity contribution in [1.82, 2.24) is 5.32 Å². The lowest BCUT2D eigenvalue weighted by Crippen LogP contribution is -2.18. The Morgan fingerprint density at radius 1 is 1.05 bits per heavy atom. The fourth-order valence-electron chi connectivity index (χ4n) is 2.08. The van der Waals surface area contributed by atoms with Crippen molar-refractivity contribution in [2.24, 2.45) is 0 Å². The molecule has 0 bridgehead atoms. The van der Waals surface area contributed by atoms with E-state index in [2.05, 4.69) is 5.32 Å². The van der Waals surface area contributed by atoms with Crippen molar-refractivity contribution in [2.45, 2.75) is 19.5 Å². The minimum absolute atomic E-state index is 0.0987. The predicted octanol–water partition coefficient (Wildman–Crippen LogP) is 3.69. The number of hydrogen-bond acceptors (Lipinski definition) is 3. The van der Waals surface area contributed by atoms with E-state index in [4.69, 9.17) is 9.47 Å². The van der Waals surface area contributed by atoms with Crippen molar-refractivity contribution in [3.8, 4) is 11.5 Å². The number of hydrogen-bond donors (Lipinski definition) is 1. The van der Waals surface area contributed by atoms with Crippen LogP contribution in [0.5, 0.6) is 11.5 Å². The first-order valence-electron chi connectivity index (χ1n) is 6.83. The zero-order valence-electron chi connectivity index (χ0n) is 12.5. The van der Waals surface area contributed by atoms with E-state index in [1.165, 1.54) is 13.2 Å². The number of methoxy groups -OCH3 is 2. The van der Waals surface area contributed by atoms with Crippen molar-refractivity contribution in [1.29, 1.82) is 0 Å². The number of rotatable bonds is 6.